The Labute approximate surface area is 173 Å². The third-order valence-electron chi connectivity index (χ3n) is 5.02. The average molecular weight is 405 g/mol. The van der Waals surface area contributed by atoms with Gasteiger partial charge in [0.25, 0.3) is 5.56 Å². The first-order valence-electron chi connectivity index (χ1n) is 9.34. The molecule has 1 atom stereocenters. The largest absolute Gasteiger partial charge is 0.396 e. The number of nitrogens with zero attached hydrogens (tertiary/aromatic N) is 2. The van der Waals surface area contributed by atoms with Crippen molar-refractivity contribution < 1.29 is 0 Å². The highest BCUT2D eigenvalue weighted by atomic mass is 35.5. The Morgan fingerprint density at radius 3 is 2.62 bits per heavy atom. The first-order chi connectivity index (χ1) is 14.0. The Kier molecular flexibility index (Phi) is 4.99. The van der Waals surface area contributed by atoms with E-state index in [9.17, 15) is 4.79 Å². The molecule has 3 N–H and O–H groups in total. The second-order valence-corrected chi connectivity index (χ2v) is 7.43. The van der Waals surface area contributed by atoms with Crippen LogP contribution in [0.3, 0.4) is 0 Å². The van der Waals surface area contributed by atoms with Crippen LogP contribution in [-0.2, 0) is 0 Å². The van der Waals surface area contributed by atoms with Gasteiger partial charge in [-0.05, 0) is 43.0 Å². The molecule has 6 heteroatoms. The highest BCUT2D eigenvalue weighted by molar-refractivity contribution is 6.29. The number of pyridine rings is 2. The minimum Gasteiger partial charge on any atom is -0.396 e. The van der Waals surface area contributed by atoms with E-state index in [-0.39, 0.29) is 11.6 Å². The average Bonchev–Trinajstić information content (AvgIpc) is 2.71. The maximum absolute atomic E-state index is 13.5. The summed E-state index contributed by atoms with van der Waals surface area (Å²) in [6.45, 7) is 3.95. The summed E-state index contributed by atoms with van der Waals surface area (Å²) in [6.07, 6.45) is 1.52. The molecule has 146 valence electrons. The molecule has 0 saturated heterocycles. The summed E-state index contributed by atoms with van der Waals surface area (Å²) < 4.78 is 1.76. The molecule has 2 aromatic carbocycles. The number of aromatic nitrogens is 2. The van der Waals surface area contributed by atoms with Gasteiger partial charge in [0, 0.05) is 17.4 Å². The predicted molar refractivity (Wildman–Crippen MR) is 120 cm³/mol. The number of nitrogen functional groups attached to an aromatic ring is 1. The summed E-state index contributed by atoms with van der Waals surface area (Å²) in [4.78, 5) is 17.5. The van der Waals surface area contributed by atoms with Crippen molar-refractivity contribution in [3.8, 4) is 5.69 Å². The fourth-order valence-electron chi connectivity index (χ4n) is 3.59. The molecule has 0 radical (unpaired) electrons. The number of rotatable bonds is 4. The second-order valence-electron chi connectivity index (χ2n) is 7.04. The molecule has 29 heavy (non-hydrogen) atoms. The minimum atomic E-state index is -0.214. The third-order valence-corrected chi connectivity index (χ3v) is 5.22. The number of para-hydroxylation sites is 1. The molecule has 4 aromatic rings. The van der Waals surface area contributed by atoms with Crippen LogP contribution in [0.15, 0.2) is 71.7 Å². The first kappa shape index (κ1) is 19.0. The van der Waals surface area contributed by atoms with Gasteiger partial charge in [-0.25, -0.2) is 4.98 Å². The van der Waals surface area contributed by atoms with E-state index in [0.29, 0.717) is 16.5 Å². The highest BCUT2D eigenvalue weighted by Gasteiger charge is 2.18. The molecule has 0 fully saturated rings. The molecule has 0 saturated carbocycles. The Bertz CT molecular complexity index is 1250. The van der Waals surface area contributed by atoms with Gasteiger partial charge >= 0.3 is 0 Å². The number of hydrogen-bond donors (Lipinski definition) is 2. The van der Waals surface area contributed by atoms with Crippen LogP contribution in [0, 0.1) is 6.92 Å². The van der Waals surface area contributed by atoms with E-state index in [4.69, 9.17) is 17.3 Å². The molecule has 2 aromatic heterocycles. The summed E-state index contributed by atoms with van der Waals surface area (Å²) >= 11 is 6.03. The molecular formula is C23H21ClN4O. The lowest BCUT2D eigenvalue weighted by molar-refractivity contribution is 0.778. The van der Waals surface area contributed by atoms with E-state index in [2.05, 4.69) is 10.3 Å². The summed E-state index contributed by atoms with van der Waals surface area (Å²) in [5.41, 5.74) is 9.77. The lowest BCUT2D eigenvalue weighted by Crippen LogP contribution is -2.26. The molecule has 1 unspecified atom stereocenters. The predicted octanol–water partition coefficient (Wildman–Crippen LogP) is 5.10. The Hall–Kier alpha value is -3.31. The Balaban J connectivity index is 1.93. The SMILES string of the molecule is Cc1cccc2cc(C(C)Nc3cc(Cl)ncc3N)n(-c3ccccc3)c(=O)c12. The van der Waals surface area contributed by atoms with E-state index in [1.807, 2.05) is 68.4 Å². The van der Waals surface area contributed by atoms with Gasteiger partial charge in [-0.1, -0.05) is 48.0 Å². The molecule has 0 amide bonds. The van der Waals surface area contributed by atoms with Crippen molar-refractivity contribution in [2.75, 3.05) is 11.1 Å². The van der Waals surface area contributed by atoms with Gasteiger partial charge in [0.05, 0.1) is 29.0 Å². The van der Waals surface area contributed by atoms with Crippen LogP contribution in [0.25, 0.3) is 16.5 Å². The summed E-state index contributed by atoms with van der Waals surface area (Å²) in [5, 5.41) is 5.36. The molecule has 0 bridgehead atoms. The fraction of sp³-hybridized carbons (Fsp3) is 0.130. The lowest BCUT2D eigenvalue weighted by Gasteiger charge is -2.22. The quantitative estimate of drug-likeness (QED) is 0.464. The monoisotopic (exact) mass is 404 g/mol. The first-order valence-corrected chi connectivity index (χ1v) is 9.72. The number of aryl methyl sites for hydroxylation is 1. The Morgan fingerprint density at radius 1 is 1.10 bits per heavy atom. The molecule has 0 aliphatic rings. The van der Waals surface area contributed by atoms with Crippen LogP contribution in [-0.4, -0.2) is 9.55 Å². The van der Waals surface area contributed by atoms with Gasteiger partial charge in [-0.2, -0.15) is 0 Å². The van der Waals surface area contributed by atoms with E-state index in [0.717, 1.165) is 27.7 Å². The van der Waals surface area contributed by atoms with E-state index >= 15 is 0 Å². The number of anilines is 2. The van der Waals surface area contributed by atoms with Crippen molar-refractivity contribution in [2.24, 2.45) is 0 Å². The maximum atomic E-state index is 13.5. The van der Waals surface area contributed by atoms with Gasteiger partial charge in [-0.3, -0.25) is 9.36 Å². The zero-order chi connectivity index (χ0) is 20.5. The van der Waals surface area contributed by atoms with E-state index in [1.165, 1.54) is 6.20 Å². The van der Waals surface area contributed by atoms with Gasteiger partial charge in [0.15, 0.2) is 0 Å². The van der Waals surface area contributed by atoms with Crippen molar-refractivity contribution in [3.63, 3.8) is 0 Å². The number of hydrogen-bond acceptors (Lipinski definition) is 4. The summed E-state index contributed by atoms with van der Waals surface area (Å²) in [7, 11) is 0. The number of benzene rings is 2. The molecule has 2 heterocycles. The minimum absolute atomic E-state index is 0.0452. The van der Waals surface area contributed by atoms with Crippen LogP contribution in [0.4, 0.5) is 11.4 Å². The summed E-state index contributed by atoms with van der Waals surface area (Å²) in [6, 6.07) is 19.0. The van der Waals surface area contributed by atoms with Gasteiger partial charge in [0.2, 0.25) is 0 Å². The van der Waals surface area contributed by atoms with Crippen molar-refractivity contribution in [1.29, 1.82) is 0 Å². The molecule has 4 rings (SSSR count). The van der Waals surface area contributed by atoms with Crippen LogP contribution >= 0.6 is 11.6 Å². The standard InChI is InChI=1S/C23H21ClN4O/c1-14-7-6-8-16-11-20(15(2)27-19-12-21(24)26-13-18(19)25)28(23(29)22(14)16)17-9-4-3-5-10-17/h3-13,15H,25H2,1-2H3,(H,26,27). The lowest BCUT2D eigenvalue weighted by atomic mass is 10.0. The van der Waals surface area contributed by atoms with Crippen molar-refractivity contribution in [2.45, 2.75) is 19.9 Å². The smallest absolute Gasteiger partial charge is 0.263 e. The van der Waals surface area contributed by atoms with Crippen molar-refractivity contribution >= 4 is 33.7 Å². The number of fused-ring (bicyclic) bond motifs is 1. The molecule has 0 aliphatic heterocycles. The highest BCUT2D eigenvalue weighted by Crippen LogP contribution is 2.28. The number of nitrogens with two attached hydrogens (primary N) is 1. The number of halogens is 1. The molecule has 5 nitrogen and oxygen atoms in total. The van der Waals surface area contributed by atoms with Crippen LogP contribution in [0.2, 0.25) is 5.15 Å². The zero-order valence-electron chi connectivity index (χ0n) is 16.2. The van der Waals surface area contributed by atoms with Crippen LogP contribution < -0.4 is 16.6 Å². The second kappa shape index (κ2) is 7.60. The number of nitrogens with one attached hydrogen (secondary N) is 1. The van der Waals surface area contributed by atoms with E-state index < -0.39 is 0 Å². The van der Waals surface area contributed by atoms with Gasteiger partial charge < -0.3 is 11.1 Å². The van der Waals surface area contributed by atoms with Crippen LogP contribution in [0.5, 0.6) is 0 Å². The topological polar surface area (TPSA) is 72.9 Å². The third kappa shape index (κ3) is 3.57. The Morgan fingerprint density at radius 2 is 1.86 bits per heavy atom. The maximum Gasteiger partial charge on any atom is 0.263 e. The van der Waals surface area contributed by atoms with Crippen molar-refractivity contribution in [1.82, 2.24) is 9.55 Å². The van der Waals surface area contributed by atoms with E-state index in [1.54, 1.807) is 10.6 Å². The fourth-order valence-corrected chi connectivity index (χ4v) is 3.75. The van der Waals surface area contributed by atoms with Gasteiger partial charge in [-0.15, -0.1) is 0 Å². The van der Waals surface area contributed by atoms with Crippen molar-refractivity contribution in [3.05, 3.63) is 93.6 Å². The molecule has 0 aliphatic carbocycles. The summed E-state index contributed by atoms with van der Waals surface area (Å²) in [5.74, 6) is 0. The zero-order valence-corrected chi connectivity index (χ0v) is 16.9. The normalized spacial score (nSPS) is 12.1. The molecule has 0 spiro atoms. The van der Waals surface area contributed by atoms with Crippen LogP contribution in [0.1, 0.15) is 24.2 Å². The van der Waals surface area contributed by atoms with Gasteiger partial charge in [0.1, 0.15) is 5.15 Å². The molecular weight excluding hydrogens is 384 g/mol.